The predicted octanol–water partition coefficient (Wildman–Crippen LogP) is 2.48. The van der Waals surface area contributed by atoms with Gasteiger partial charge in [0.15, 0.2) is 0 Å². The number of halogens is 6. The van der Waals surface area contributed by atoms with Gasteiger partial charge in [-0.05, 0) is 18.2 Å². The van der Waals surface area contributed by atoms with E-state index in [9.17, 15) is 34.8 Å². The second-order valence-electron chi connectivity index (χ2n) is 4.27. The van der Waals surface area contributed by atoms with Crippen molar-refractivity contribution in [3.63, 3.8) is 0 Å². The van der Waals surface area contributed by atoms with Crippen molar-refractivity contribution in [2.45, 2.75) is 17.0 Å². The molecule has 0 aromatic heterocycles. The van der Waals surface area contributed by atoms with Crippen LogP contribution in [0.3, 0.4) is 0 Å². The van der Waals surface area contributed by atoms with Crippen LogP contribution >= 0.6 is 0 Å². The summed E-state index contributed by atoms with van der Waals surface area (Å²) >= 11 is 0. The molecule has 20 heavy (non-hydrogen) atoms. The second kappa shape index (κ2) is 4.35. The Labute approximate surface area is 109 Å². The van der Waals surface area contributed by atoms with E-state index in [0.29, 0.717) is 16.4 Å². The van der Waals surface area contributed by atoms with Crippen LogP contribution in [-0.4, -0.2) is 31.7 Å². The zero-order chi connectivity index (χ0) is 15.3. The van der Waals surface area contributed by atoms with E-state index in [2.05, 4.69) is 0 Å². The fourth-order valence-electron chi connectivity index (χ4n) is 1.67. The Balaban J connectivity index is 2.39. The highest BCUT2D eigenvalue weighted by molar-refractivity contribution is 7.89. The van der Waals surface area contributed by atoms with Gasteiger partial charge in [-0.15, -0.1) is 0 Å². The van der Waals surface area contributed by atoms with Gasteiger partial charge in [0.2, 0.25) is 10.0 Å². The second-order valence-corrected chi connectivity index (χ2v) is 6.21. The maximum Gasteiger partial charge on any atom is 0.419 e. The molecule has 112 valence electrons. The molecule has 0 radical (unpaired) electrons. The van der Waals surface area contributed by atoms with Crippen LogP contribution in [0.4, 0.5) is 26.3 Å². The standard InChI is InChI=1S/C10H7F6NO2S/c11-8-2-1-6(3-7(8)10(14,15)16)20(18,19)17-4-9(12,13)5-17/h1-3H,4-5H2. The Morgan fingerprint density at radius 3 is 2.15 bits per heavy atom. The van der Waals surface area contributed by atoms with E-state index < -0.39 is 51.5 Å². The first kappa shape index (κ1) is 15.1. The maximum atomic E-state index is 13.0. The van der Waals surface area contributed by atoms with Crippen LogP contribution in [0, 0.1) is 5.82 Å². The fraction of sp³-hybridized carbons (Fsp3) is 0.400. The molecule has 0 N–H and O–H groups in total. The van der Waals surface area contributed by atoms with E-state index >= 15 is 0 Å². The van der Waals surface area contributed by atoms with Gasteiger partial charge in [0, 0.05) is 0 Å². The van der Waals surface area contributed by atoms with Gasteiger partial charge in [-0.2, -0.15) is 17.5 Å². The van der Waals surface area contributed by atoms with Crippen molar-refractivity contribution >= 4 is 10.0 Å². The van der Waals surface area contributed by atoms with Crippen molar-refractivity contribution in [2.75, 3.05) is 13.1 Å². The summed E-state index contributed by atoms with van der Waals surface area (Å²) in [5.74, 6) is -4.83. The SMILES string of the molecule is O=S(=O)(c1ccc(F)c(C(F)(F)F)c1)N1CC(F)(F)C1. The van der Waals surface area contributed by atoms with Gasteiger partial charge in [-0.25, -0.2) is 21.6 Å². The summed E-state index contributed by atoms with van der Waals surface area (Å²) in [6.45, 7) is -2.21. The van der Waals surface area contributed by atoms with Gasteiger partial charge in [0.05, 0.1) is 23.5 Å². The molecule has 1 aromatic carbocycles. The van der Waals surface area contributed by atoms with E-state index in [1.54, 1.807) is 0 Å². The highest BCUT2D eigenvalue weighted by atomic mass is 32.2. The van der Waals surface area contributed by atoms with Crippen LogP contribution in [0.1, 0.15) is 5.56 Å². The minimum atomic E-state index is -5.07. The number of sulfonamides is 1. The largest absolute Gasteiger partial charge is 0.419 e. The molecule has 1 heterocycles. The number of alkyl halides is 5. The summed E-state index contributed by atoms with van der Waals surface area (Å²) in [6, 6.07) is 1.05. The quantitative estimate of drug-likeness (QED) is 0.786. The molecular formula is C10H7F6NO2S. The lowest BCUT2D eigenvalue weighted by atomic mass is 10.2. The molecule has 0 bridgehead atoms. The van der Waals surface area contributed by atoms with Crippen molar-refractivity contribution in [1.82, 2.24) is 4.31 Å². The van der Waals surface area contributed by atoms with Crippen LogP contribution in [-0.2, 0) is 16.2 Å². The lowest BCUT2D eigenvalue weighted by molar-refractivity contribution is -0.140. The van der Waals surface area contributed by atoms with E-state index in [-0.39, 0.29) is 6.07 Å². The average Bonchev–Trinajstić information content (AvgIpc) is 2.24. The van der Waals surface area contributed by atoms with Crippen molar-refractivity contribution in [3.8, 4) is 0 Å². The maximum absolute atomic E-state index is 13.0. The number of nitrogens with zero attached hydrogens (tertiary/aromatic N) is 1. The smallest absolute Gasteiger partial charge is 0.207 e. The molecule has 1 saturated heterocycles. The first-order valence-corrected chi connectivity index (χ1v) is 6.62. The van der Waals surface area contributed by atoms with Crippen molar-refractivity contribution in [2.24, 2.45) is 0 Å². The molecule has 3 nitrogen and oxygen atoms in total. The number of hydrogen-bond donors (Lipinski definition) is 0. The molecule has 0 atom stereocenters. The molecule has 2 rings (SSSR count). The highest BCUT2D eigenvalue weighted by Gasteiger charge is 2.50. The first-order chi connectivity index (χ1) is 8.93. The molecule has 0 spiro atoms. The Morgan fingerprint density at radius 2 is 1.70 bits per heavy atom. The minimum Gasteiger partial charge on any atom is -0.207 e. The van der Waals surface area contributed by atoms with E-state index in [0.717, 1.165) is 0 Å². The van der Waals surface area contributed by atoms with Gasteiger partial charge in [-0.3, -0.25) is 0 Å². The Hall–Kier alpha value is -1.29. The molecule has 0 unspecified atom stereocenters. The summed E-state index contributed by atoms with van der Waals surface area (Å²) in [6.07, 6.45) is -5.07. The summed E-state index contributed by atoms with van der Waals surface area (Å²) in [5.41, 5.74) is -1.76. The van der Waals surface area contributed by atoms with E-state index in [4.69, 9.17) is 0 Å². The van der Waals surface area contributed by atoms with Crippen LogP contribution < -0.4 is 0 Å². The zero-order valence-electron chi connectivity index (χ0n) is 9.59. The Morgan fingerprint density at radius 1 is 1.15 bits per heavy atom. The molecule has 1 aliphatic rings. The van der Waals surface area contributed by atoms with Gasteiger partial charge in [0.25, 0.3) is 5.92 Å². The molecular weight excluding hydrogens is 312 g/mol. The van der Waals surface area contributed by atoms with Gasteiger partial charge < -0.3 is 0 Å². The zero-order valence-corrected chi connectivity index (χ0v) is 10.4. The third-order valence-electron chi connectivity index (χ3n) is 2.70. The third-order valence-corrected chi connectivity index (χ3v) is 4.48. The third kappa shape index (κ3) is 2.62. The van der Waals surface area contributed by atoms with Crippen molar-refractivity contribution < 1.29 is 34.8 Å². The Bertz CT molecular complexity index is 632. The van der Waals surface area contributed by atoms with Crippen molar-refractivity contribution in [3.05, 3.63) is 29.6 Å². The van der Waals surface area contributed by atoms with Crippen LogP contribution in [0.5, 0.6) is 0 Å². The molecule has 0 amide bonds. The first-order valence-electron chi connectivity index (χ1n) is 5.18. The van der Waals surface area contributed by atoms with Gasteiger partial charge in [0.1, 0.15) is 5.82 Å². The lowest BCUT2D eigenvalue weighted by Crippen LogP contribution is -2.58. The predicted molar refractivity (Wildman–Crippen MR) is 55.1 cm³/mol. The lowest BCUT2D eigenvalue weighted by Gasteiger charge is -2.37. The molecule has 1 aliphatic heterocycles. The molecule has 1 aromatic rings. The number of rotatable bonds is 2. The summed E-state index contributed by atoms with van der Waals surface area (Å²) in [7, 11) is -4.49. The van der Waals surface area contributed by atoms with Gasteiger partial charge >= 0.3 is 6.18 Å². The van der Waals surface area contributed by atoms with Crippen molar-refractivity contribution in [1.29, 1.82) is 0 Å². The molecule has 0 saturated carbocycles. The van der Waals surface area contributed by atoms with Crippen LogP contribution in [0.15, 0.2) is 23.1 Å². The fourth-order valence-corrected chi connectivity index (χ4v) is 3.19. The normalized spacial score (nSPS) is 19.7. The Kier molecular flexibility index (Phi) is 3.29. The monoisotopic (exact) mass is 319 g/mol. The van der Waals surface area contributed by atoms with E-state index in [1.807, 2.05) is 0 Å². The highest BCUT2D eigenvalue weighted by Crippen LogP contribution is 2.36. The van der Waals surface area contributed by atoms with Crippen LogP contribution in [0.2, 0.25) is 0 Å². The summed E-state index contributed by atoms with van der Waals surface area (Å²) in [4.78, 5) is -0.873. The van der Waals surface area contributed by atoms with Gasteiger partial charge in [-0.1, -0.05) is 0 Å². The topological polar surface area (TPSA) is 37.4 Å². The molecule has 0 aliphatic carbocycles. The number of hydrogen-bond acceptors (Lipinski definition) is 2. The number of benzene rings is 1. The summed E-state index contributed by atoms with van der Waals surface area (Å²) < 4.78 is 99.6. The minimum absolute atomic E-state index is 0.0983. The van der Waals surface area contributed by atoms with E-state index in [1.165, 1.54) is 0 Å². The van der Waals surface area contributed by atoms with Crippen LogP contribution in [0.25, 0.3) is 0 Å². The molecule has 1 fully saturated rings. The summed E-state index contributed by atoms with van der Waals surface area (Å²) in [5, 5.41) is 0. The average molecular weight is 319 g/mol. The molecule has 10 heteroatoms.